The van der Waals surface area contributed by atoms with Gasteiger partial charge in [0.2, 0.25) is 5.91 Å². The van der Waals surface area contributed by atoms with Gasteiger partial charge in [-0.25, -0.2) is 0 Å². The Kier molecular flexibility index (Phi) is 5.31. The van der Waals surface area contributed by atoms with E-state index in [1.54, 1.807) is 19.1 Å². The van der Waals surface area contributed by atoms with E-state index in [1.165, 1.54) is 0 Å². The van der Waals surface area contributed by atoms with Crippen LogP contribution >= 0.6 is 27.5 Å². The van der Waals surface area contributed by atoms with E-state index in [-0.39, 0.29) is 11.9 Å². The first-order valence-corrected chi connectivity index (χ1v) is 7.78. The van der Waals surface area contributed by atoms with Crippen LogP contribution < -0.4 is 10.6 Å². The molecule has 2 N–H and O–H groups in total. The molecule has 1 aromatic carbocycles. The van der Waals surface area contributed by atoms with Crippen molar-refractivity contribution in [3.05, 3.63) is 45.8 Å². The third-order valence-corrected chi connectivity index (χ3v) is 3.72. The summed E-state index contributed by atoms with van der Waals surface area (Å²) in [5.41, 5.74) is 1.45. The van der Waals surface area contributed by atoms with Crippen LogP contribution in [0.2, 0.25) is 5.02 Å². The second-order valence-electron chi connectivity index (χ2n) is 4.60. The standard InChI is InChI=1S/C15H16BrClN2O2/c1-3-15(20)19-10-4-5-11(17)12(8-10)18-9(2)13-6-7-14(16)21-13/h4-9,18H,3H2,1-2H3,(H,19,20). The molecule has 1 heterocycles. The molecule has 112 valence electrons. The van der Waals surface area contributed by atoms with E-state index in [1.807, 2.05) is 25.1 Å². The summed E-state index contributed by atoms with van der Waals surface area (Å²) in [4.78, 5) is 11.4. The van der Waals surface area contributed by atoms with Crippen LogP contribution in [0.4, 0.5) is 11.4 Å². The number of nitrogens with one attached hydrogen (secondary N) is 2. The van der Waals surface area contributed by atoms with Crippen molar-refractivity contribution < 1.29 is 9.21 Å². The van der Waals surface area contributed by atoms with Gasteiger partial charge in [0.15, 0.2) is 4.67 Å². The van der Waals surface area contributed by atoms with Gasteiger partial charge in [-0.05, 0) is 53.2 Å². The lowest BCUT2D eigenvalue weighted by Gasteiger charge is -2.15. The number of halogens is 2. The molecule has 1 unspecified atom stereocenters. The summed E-state index contributed by atoms with van der Waals surface area (Å²) in [5, 5.41) is 6.67. The number of carbonyl (C=O) groups is 1. The normalized spacial score (nSPS) is 12.0. The molecular weight excluding hydrogens is 356 g/mol. The summed E-state index contributed by atoms with van der Waals surface area (Å²) in [6.07, 6.45) is 0.433. The van der Waals surface area contributed by atoms with Gasteiger partial charge in [-0.2, -0.15) is 0 Å². The third kappa shape index (κ3) is 4.25. The number of rotatable bonds is 5. The summed E-state index contributed by atoms with van der Waals surface area (Å²) in [6.45, 7) is 3.78. The maximum absolute atomic E-state index is 11.4. The Labute approximate surface area is 137 Å². The molecule has 21 heavy (non-hydrogen) atoms. The van der Waals surface area contributed by atoms with E-state index >= 15 is 0 Å². The average molecular weight is 372 g/mol. The molecule has 0 radical (unpaired) electrons. The van der Waals surface area contributed by atoms with Crippen molar-refractivity contribution in [2.24, 2.45) is 0 Å². The van der Waals surface area contributed by atoms with Crippen molar-refractivity contribution in [1.82, 2.24) is 0 Å². The lowest BCUT2D eigenvalue weighted by molar-refractivity contribution is -0.115. The van der Waals surface area contributed by atoms with E-state index in [0.29, 0.717) is 21.8 Å². The smallest absolute Gasteiger partial charge is 0.224 e. The molecule has 1 aromatic heterocycles. The second kappa shape index (κ2) is 7.00. The van der Waals surface area contributed by atoms with E-state index in [9.17, 15) is 4.79 Å². The van der Waals surface area contributed by atoms with Gasteiger partial charge in [0.1, 0.15) is 5.76 Å². The molecule has 2 aromatic rings. The highest BCUT2D eigenvalue weighted by Crippen LogP contribution is 2.30. The third-order valence-electron chi connectivity index (χ3n) is 2.96. The number of furan rings is 1. The summed E-state index contributed by atoms with van der Waals surface area (Å²) >= 11 is 9.47. The molecule has 0 saturated heterocycles. The molecule has 6 heteroatoms. The zero-order valence-electron chi connectivity index (χ0n) is 11.7. The number of benzene rings is 1. The molecule has 0 spiro atoms. The van der Waals surface area contributed by atoms with Crippen molar-refractivity contribution in [2.75, 3.05) is 10.6 Å². The molecule has 2 rings (SSSR count). The molecule has 0 saturated carbocycles. The van der Waals surface area contributed by atoms with Gasteiger partial charge in [-0.15, -0.1) is 0 Å². The molecule has 0 aliphatic rings. The van der Waals surface area contributed by atoms with Gasteiger partial charge in [-0.1, -0.05) is 18.5 Å². The van der Waals surface area contributed by atoms with Gasteiger partial charge in [0.25, 0.3) is 0 Å². The lowest BCUT2D eigenvalue weighted by atomic mass is 10.2. The maximum Gasteiger partial charge on any atom is 0.224 e. The van der Waals surface area contributed by atoms with Gasteiger partial charge >= 0.3 is 0 Å². The van der Waals surface area contributed by atoms with E-state index < -0.39 is 0 Å². The van der Waals surface area contributed by atoms with Gasteiger partial charge < -0.3 is 15.1 Å². The van der Waals surface area contributed by atoms with Crippen molar-refractivity contribution in [1.29, 1.82) is 0 Å². The number of hydrogen-bond donors (Lipinski definition) is 2. The van der Waals surface area contributed by atoms with Crippen LogP contribution in [0.25, 0.3) is 0 Å². The Hall–Kier alpha value is -1.46. The minimum absolute atomic E-state index is 0.0358. The van der Waals surface area contributed by atoms with Gasteiger partial charge in [0.05, 0.1) is 16.8 Å². The number of anilines is 2. The second-order valence-corrected chi connectivity index (χ2v) is 5.79. The minimum Gasteiger partial charge on any atom is -0.452 e. The van der Waals surface area contributed by atoms with Crippen molar-refractivity contribution >= 4 is 44.8 Å². The van der Waals surface area contributed by atoms with Crippen molar-refractivity contribution in [2.45, 2.75) is 26.3 Å². The Morgan fingerprint density at radius 3 is 2.76 bits per heavy atom. The lowest BCUT2D eigenvalue weighted by Crippen LogP contribution is -2.10. The van der Waals surface area contributed by atoms with Crippen molar-refractivity contribution in [3.63, 3.8) is 0 Å². The Bertz CT molecular complexity index is 642. The maximum atomic E-state index is 11.4. The molecule has 1 atom stereocenters. The van der Waals surface area contributed by atoms with Gasteiger partial charge in [0, 0.05) is 12.1 Å². The molecule has 0 fully saturated rings. The van der Waals surface area contributed by atoms with Crippen molar-refractivity contribution in [3.8, 4) is 0 Å². The number of amides is 1. The first kappa shape index (κ1) is 15.9. The first-order chi connectivity index (χ1) is 9.99. The fourth-order valence-corrected chi connectivity index (χ4v) is 2.32. The SMILES string of the molecule is CCC(=O)Nc1ccc(Cl)c(NC(C)c2ccc(Br)o2)c1. The highest BCUT2D eigenvalue weighted by molar-refractivity contribution is 9.10. The summed E-state index contributed by atoms with van der Waals surface area (Å²) in [5.74, 6) is 0.757. The Morgan fingerprint density at radius 2 is 2.14 bits per heavy atom. The fraction of sp³-hybridized carbons (Fsp3) is 0.267. The van der Waals surface area contributed by atoms with Crippen LogP contribution in [0.15, 0.2) is 39.4 Å². The predicted molar refractivity (Wildman–Crippen MR) is 88.8 cm³/mol. The fourth-order valence-electron chi connectivity index (χ4n) is 1.83. The number of hydrogen-bond acceptors (Lipinski definition) is 3. The highest BCUT2D eigenvalue weighted by atomic mass is 79.9. The quantitative estimate of drug-likeness (QED) is 0.758. The van der Waals surface area contributed by atoms with Crippen LogP contribution in [0.3, 0.4) is 0 Å². The molecule has 1 amide bonds. The molecule has 0 aliphatic heterocycles. The van der Waals surface area contributed by atoms with Crippen LogP contribution in [0.1, 0.15) is 32.1 Å². The predicted octanol–water partition coefficient (Wildman–Crippen LogP) is 5.22. The Balaban J connectivity index is 2.15. The summed E-state index contributed by atoms with van der Waals surface area (Å²) < 4.78 is 6.19. The molecule has 4 nitrogen and oxygen atoms in total. The zero-order valence-corrected chi connectivity index (χ0v) is 14.1. The highest BCUT2D eigenvalue weighted by Gasteiger charge is 2.12. The van der Waals surface area contributed by atoms with Crippen LogP contribution in [-0.4, -0.2) is 5.91 Å². The molecule has 0 bridgehead atoms. The zero-order chi connectivity index (χ0) is 15.4. The van der Waals surface area contributed by atoms with E-state index in [4.69, 9.17) is 16.0 Å². The van der Waals surface area contributed by atoms with E-state index in [0.717, 1.165) is 11.4 Å². The summed E-state index contributed by atoms with van der Waals surface area (Å²) in [6, 6.07) is 9.01. The largest absolute Gasteiger partial charge is 0.452 e. The monoisotopic (exact) mass is 370 g/mol. The molecular formula is C15H16BrClN2O2. The minimum atomic E-state index is -0.0501. The van der Waals surface area contributed by atoms with Gasteiger partial charge in [-0.3, -0.25) is 4.79 Å². The summed E-state index contributed by atoms with van der Waals surface area (Å²) in [7, 11) is 0. The Morgan fingerprint density at radius 1 is 1.38 bits per heavy atom. The molecule has 0 aliphatic carbocycles. The topological polar surface area (TPSA) is 54.3 Å². The van der Waals surface area contributed by atoms with Crippen LogP contribution in [0, 0.1) is 0 Å². The van der Waals surface area contributed by atoms with E-state index in [2.05, 4.69) is 26.6 Å². The first-order valence-electron chi connectivity index (χ1n) is 6.60. The van der Waals surface area contributed by atoms with Crippen LogP contribution in [-0.2, 0) is 4.79 Å². The van der Waals surface area contributed by atoms with Crippen LogP contribution in [0.5, 0.6) is 0 Å². The average Bonchev–Trinajstić information content (AvgIpc) is 2.89. The number of carbonyl (C=O) groups excluding carboxylic acids is 1.